The number of aryl methyl sites for hydroxylation is 1. The van der Waals surface area contributed by atoms with E-state index in [2.05, 4.69) is 20.3 Å². The van der Waals surface area contributed by atoms with E-state index in [1.165, 1.54) is 6.33 Å². The fourth-order valence-corrected chi connectivity index (χ4v) is 2.95. The zero-order chi connectivity index (χ0) is 16.1. The molecule has 0 aliphatic carbocycles. The minimum atomic E-state index is 0.109. The van der Waals surface area contributed by atoms with Gasteiger partial charge in [0, 0.05) is 20.0 Å². The largest absolute Gasteiger partial charge is 0.340 e. The number of hydrogen-bond donors (Lipinski definition) is 1. The minimum Gasteiger partial charge on any atom is -0.340 e. The van der Waals surface area contributed by atoms with Crippen molar-refractivity contribution in [2.24, 2.45) is 0 Å². The van der Waals surface area contributed by atoms with E-state index in [1.54, 1.807) is 27.2 Å². The van der Waals surface area contributed by atoms with Gasteiger partial charge in [-0.05, 0) is 23.9 Å². The Bertz CT molecular complexity index is 734. The van der Waals surface area contributed by atoms with Crippen molar-refractivity contribution in [1.29, 1.82) is 0 Å². The van der Waals surface area contributed by atoms with Gasteiger partial charge in [0.2, 0.25) is 5.91 Å². The number of hydrogen-bond acceptors (Lipinski definition) is 5. The number of aromatic amines is 1. The van der Waals surface area contributed by atoms with E-state index in [9.17, 15) is 4.79 Å². The monoisotopic (exact) mass is 330 g/mol. The average Bonchev–Trinajstić information content (AvgIpc) is 3.29. The van der Waals surface area contributed by atoms with Gasteiger partial charge in [0.05, 0.1) is 17.1 Å². The fraction of sp³-hybridized carbons (Fsp3) is 0.333. The second kappa shape index (κ2) is 7.19. The second-order valence-corrected chi connectivity index (χ2v) is 6.22. The van der Waals surface area contributed by atoms with Crippen LogP contribution in [0.25, 0.3) is 10.6 Å². The molecule has 0 aliphatic rings. The van der Waals surface area contributed by atoms with E-state index in [4.69, 9.17) is 0 Å². The second-order valence-electron chi connectivity index (χ2n) is 5.27. The van der Waals surface area contributed by atoms with Gasteiger partial charge in [-0.15, -0.1) is 11.3 Å². The van der Waals surface area contributed by atoms with Gasteiger partial charge in [-0.25, -0.2) is 4.98 Å². The van der Waals surface area contributed by atoms with Crippen LogP contribution < -0.4 is 0 Å². The summed E-state index contributed by atoms with van der Waals surface area (Å²) >= 11 is 1.65. The zero-order valence-electron chi connectivity index (χ0n) is 12.8. The molecule has 0 unspecified atom stereocenters. The molecule has 0 spiro atoms. The molecule has 3 heterocycles. The van der Waals surface area contributed by atoms with Crippen LogP contribution in [0.5, 0.6) is 0 Å². The SMILES string of the molecule is CN(Cc1cc(-c2cccs2)n[nH]1)C(=O)CCCn1cncn1. The molecule has 0 radical (unpaired) electrons. The normalized spacial score (nSPS) is 10.8. The Labute approximate surface area is 138 Å². The van der Waals surface area contributed by atoms with Crippen molar-refractivity contribution < 1.29 is 4.79 Å². The third-order valence-corrected chi connectivity index (χ3v) is 4.37. The van der Waals surface area contributed by atoms with Crippen molar-refractivity contribution in [1.82, 2.24) is 29.9 Å². The van der Waals surface area contributed by atoms with Crippen LogP contribution in [-0.2, 0) is 17.9 Å². The lowest BCUT2D eigenvalue weighted by molar-refractivity contribution is -0.130. The van der Waals surface area contributed by atoms with Crippen LogP contribution in [0.2, 0.25) is 0 Å². The molecule has 1 N–H and O–H groups in total. The Balaban J connectivity index is 1.48. The van der Waals surface area contributed by atoms with Crippen molar-refractivity contribution in [3.05, 3.63) is 41.9 Å². The summed E-state index contributed by atoms with van der Waals surface area (Å²) < 4.78 is 1.73. The first-order valence-electron chi connectivity index (χ1n) is 7.37. The van der Waals surface area contributed by atoms with Crippen LogP contribution >= 0.6 is 11.3 Å². The van der Waals surface area contributed by atoms with Gasteiger partial charge >= 0.3 is 0 Å². The Hall–Kier alpha value is -2.48. The number of carbonyl (C=O) groups is 1. The smallest absolute Gasteiger partial charge is 0.222 e. The molecule has 0 saturated carbocycles. The van der Waals surface area contributed by atoms with Gasteiger partial charge in [-0.3, -0.25) is 14.6 Å². The highest BCUT2D eigenvalue weighted by atomic mass is 32.1. The van der Waals surface area contributed by atoms with Crippen LogP contribution in [0.1, 0.15) is 18.5 Å². The lowest BCUT2D eigenvalue weighted by atomic mass is 10.2. The third kappa shape index (κ3) is 4.04. The van der Waals surface area contributed by atoms with Gasteiger partial charge in [-0.1, -0.05) is 6.07 Å². The molecule has 8 heteroatoms. The number of rotatable bonds is 7. The molecule has 0 atom stereocenters. The van der Waals surface area contributed by atoms with Crippen molar-refractivity contribution in [3.63, 3.8) is 0 Å². The summed E-state index contributed by atoms with van der Waals surface area (Å²) in [6.07, 6.45) is 4.39. The molecule has 1 amide bonds. The maximum Gasteiger partial charge on any atom is 0.222 e. The number of nitrogens with zero attached hydrogens (tertiary/aromatic N) is 5. The van der Waals surface area contributed by atoms with Crippen LogP contribution in [0, 0.1) is 0 Å². The molecule has 0 fully saturated rings. The summed E-state index contributed by atoms with van der Waals surface area (Å²) in [6, 6.07) is 6.02. The first-order chi connectivity index (χ1) is 11.2. The van der Waals surface area contributed by atoms with E-state index in [-0.39, 0.29) is 5.91 Å². The van der Waals surface area contributed by atoms with E-state index in [0.717, 1.165) is 22.7 Å². The summed E-state index contributed by atoms with van der Waals surface area (Å²) in [5, 5.41) is 13.3. The lowest BCUT2D eigenvalue weighted by Gasteiger charge is -2.15. The maximum absolute atomic E-state index is 12.2. The Kier molecular flexibility index (Phi) is 4.82. The van der Waals surface area contributed by atoms with Crippen LogP contribution in [0.3, 0.4) is 0 Å². The quantitative estimate of drug-likeness (QED) is 0.720. The van der Waals surface area contributed by atoms with E-state index >= 15 is 0 Å². The predicted octanol–water partition coefficient (Wildman–Crippen LogP) is 2.17. The first-order valence-corrected chi connectivity index (χ1v) is 8.25. The molecule has 120 valence electrons. The fourth-order valence-electron chi connectivity index (χ4n) is 2.27. The van der Waals surface area contributed by atoms with Gasteiger partial charge in [-0.2, -0.15) is 10.2 Å². The van der Waals surface area contributed by atoms with Crippen molar-refractivity contribution in [3.8, 4) is 10.6 Å². The Morgan fingerprint density at radius 2 is 2.39 bits per heavy atom. The first kappa shape index (κ1) is 15.4. The average molecular weight is 330 g/mol. The lowest BCUT2D eigenvalue weighted by Crippen LogP contribution is -2.26. The summed E-state index contributed by atoms with van der Waals surface area (Å²) in [5.74, 6) is 0.109. The summed E-state index contributed by atoms with van der Waals surface area (Å²) in [5.41, 5.74) is 1.85. The van der Waals surface area contributed by atoms with Crippen LogP contribution in [-0.4, -0.2) is 42.8 Å². The van der Waals surface area contributed by atoms with Crippen molar-refractivity contribution in [2.45, 2.75) is 25.9 Å². The Morgan fingerprint density at radius 1 is 1.48 bits per heavy atom. The number of aromatic nitrogens is 5. The molecule has 23 heavy (non-hydrogen) atoms. The molecule has 0 saturated heterocycles. The Morgan fingerprint density at radius 3 is 3.13 bits per heavy atom. The highest BCUT2D eigenvalue weighted by molar-refractivity contribution is 7.13. The van der Waals surface area contributed by atoms with E-state index in [1.807, 2.05) is 30.6 Å². The third-order valence-electron chi connectivity index (χ3n) is 3.48. The summed E-state index contributed by atoms with van der Waals surface area (Å²) in [6.45, 7) is 1.23. The molecule has 0 aliphatic heterocycles. The maximum atomic E-state index is 12.2. The number of nitrogens with one attached hydrogen (secondary N) is 1. The predicted molar refractivity (Wildman–Crippen MR) is 87.6 cm³/mol. The molecule has 3 rings (SSSR count). The molecular formula is C15H18N6OS. The highest BCUT2D eigenvalue weighted by Gasteiger charge is 2.12. The van der Waals surface area contributed by atoms with Gasteiger partial charge in [0.25, 0.3) is 0 Å². The molecule has 3 aromatic heterocycles. The minimum absolute atomic E-state index is 0.109. The van der Waals surface area contributed by atoms with Gasteiger partial charge in [0.1, 0.15) is 18.3 Å². The molecule has 3 aromatic rings. The van der Waals surface area contributed by atoms with Gasteiger partial charge in [0.15, 0.2) is 0 Å². The highest BCUT2D eigenvalue weighted by Crippen LogP contribution is 2.23. The summed E-state index contributed by atoms with van der Waals surface area (Å²) in [4.78, 5) is 18.9. The molecular weight excluding hydrogens is 312 g/mol. The van der Waals surface area contributed by atoms with Crippen molar-refractivity contribution >= 4 is 17.2 Å². The number of thiophene rings is 1. The number of amides is 1. The van der Waals surface area contributed by atoms with Crippen LogP contribution in [0.4, 0.5) is 0 Å². The topological polar surface area (TPSA) is 79.7 Å². The summed E-state index contributed by atoms with van der Waals surface area (Å²) in [7, 11) is 1.81. The van der Waals surface area contributed by atoms with E-state index < -0.39 is 0 Å². The molecule has 0 aromatic carbocycles. The molecule has 7 nitrogen and oxygen atoms in total. The molecule has 0 bridgehead atoms. The zero-order valence-corrected chi connectivity index (χ0v) is 13.7. The van der Waals surface area contributed by atoms with Crippen molar-refractivity contribution in [2.75, 3.05) is 7.05 Å². The van der Waals surface area contributed by atoms with E-state index in [0.29, 0.717) is 19.5 Å². The van der Waals surface area contributed by atoms with Gasteiger partial charge < -0.3 is 4.90 Å². The number of H-pyrrole nitrogens is 1. The standard InChI is InChI=1S/C15H18N6OS/c1-20(15(22)5-2-6-21-11-16-10-17-21)9-12-8-13(19-18-12)14-4-3-7-23-14/h3-4,7-8,10-11H,2,5-6,9H2,1H3,(H,18,19). The van der Waals surface area contributed by atoms with Crippen LogP contribution in [0.15, 0.2) is 36.2 Å². The number of carbonyl (C=O) groups excluding carboxylic acids is 1.